The Labute approximate surface area is 181 Å². The number of methoxy groups -OCH3 is 1. The Balaban J connectivity index is 1.62. The van der Waals surface area contributed by atoms with Gasteiger partial charge in [-0.3, -0.25) is 9.59 Å². The Hall–Kier alpha value is -3.04. The van der Waals surface area contributed by atoms with Crippen molar-refractivity contribution in [3.63, 3.8) is 0 Å². The van der Waals surface area contributed by atoms with Gasteiger partial charge in [0.2, 0.25) is 5.91 Å². The smallest absolute Gasteiger partial charge is 0.305 e. The molecule has 0 aromatic heterocycles. The lowest BCUT2D eigenvalue weighted by molar-refractivity contribution is -0.138. The summed E-state index contributed by atoms with van der Waals surface area (Å²) in [7, 11) is 1.54. The molecule has 1 atom stereocenters. The molecule has 0 radical (unpaired) electrons. The van der Waals surface area contributed by atoms with E-state index in [2.05, 4.69) is 15.5 Å². The number of aliphatic carboxylic acids is 1. The first kappa shape index (κ1) is 21.7. The summed E-state index contributed by atoms with van der Waals surface area (Å²) in [5, 5.41) is 19.4. The predicted molar refractivity (Wildman–Crippen MR) is 116 cm³/mol. The number of carbonyl (C=O) groups is 2. The Kier molecular flexibility index (Phi) is 7.31. The number of amidine groups is 1. The van der Waals surface area contributed by atoms with Gasteiger partial charge in [-0.1, -0.05) is 35.5 Å². The molecule has 1 fully saturated rings. The summed E-state index contributed by atoms with van der Waals surface area (Å²) < 4.78 is 11.2. The third-order valence-corrected chi connectivity index (χ3v) is 5.31. The van der Waals surface area contributed by atoms with Gasteiger partial charge < -0.3 is 19.9 Å². The fourth-order valence-electron chi connectivity index (χ4n) is 2.52. The van der Waals surface area contributed by atoms with Crippen LogP contribution in [0, 0.1) is 0 Å². The number of nitrogens with one attached hydrogen (secondary N) is 1. The van der Waals surface area contributed by atoms with Crippen LogP contribution in [0.15, 0.2) is 52.7 Å². The number of amides is 1. The van der Waals surface area contributed by atoms with E-state index in [0.29, 0.717) is 28.7 Å². The van der Waals surface area contributed by atoms with Crippen LogP contribution in [-0.2, 0) is 16.2 Å². The zero-order chi connectivity index (χ0) is 21.5. The lowest BCUT2D eigenvalue weighted by atomic mass is 10.2. The first-order chi connectivity index (χ1) is 14.4. The second-order valence-electron chi connectivity index (χ2n) is 6.17. The van der Waals surface area contributed by atoms with Crippen molar-refractivity contribution in [1.82, 2.24) is 5.32 Å². The molecule has 1 saturated heterocycles. The first-order valence-corrected chi connectivity index (χ1v) is 10.1. The molecule has 1 amide bonds. The summed E-state index contributed by atoms with van der Waals surface area (Å²) in [5.41, 5.74) is 1.69. The van der Waals surface area contributed by atoms with Gasteiger partial charge in [-0.15, -0.1) is 5.10 Å². The molecule has 2 aromatic carbocycles. The summed E-state index contributed by atoms with van der Waals surface area (Å²) in [5.74, 6) is -0.324. The van der Waals surface area contributed by atoms with Crippen molar-refractivity contribution in [2.75, 3.05) is 7.11 Å². The average Bonchev–Trinajstić information content (AvgIpc) is 3.06. The van der Waals surface area contributed by atoms with Crippen molar-refractivity contribution in [3.05, 3.63) is 58.6 Å². The van der Waals surface area contributed by atoms with Gasteiger partial charge in [-0.05, 0) is 41.5 Å². The number of benzene rings is 2. The minimum Gasteiger partial charge on any atom is -0.493 e. The zero-order valence-electron chi connectivity index (χ0n) is 15.9. The summed E-state index contributed by atoms with van der Waals surface area (Å²) in [6, 6.07) is 12.7. The van der Waals surface area contributed by atoms with Gasteiger partial charge in [0.1, 0.15) is 11.9 Å². The maximum absolute atomic E-state index is 11.7. The van der Waals surface area contributed by atoms with Gasteiger partial charge in [0.15, 0.2) is 16.7 Å². The van der Waals surface area contributed by atoms with Crippen LogP contribution in [0.5, 0.6) is 11.5 Å². The van der Waals surface area contributed by atoms with E-state index in [1.54, 1.807) is 37.4 Å². The van der Waals surface area contributed by atoms with E-state index in [1.165, 1.54) is 6.21 Å². The predicted octanol–water partition coefficient (Wildman–Crippen LogP) is 3.32. The van der Waals surface area contributed by atoms with Crippen molar-refractivity contribution >= 4 is 46.6 Å². The van der Waals surface area contributed by atoms with E-state index in [-0.39, 0.29) is 17.5 Å². The second kappa shape index (κ2) is 10.1. The molecule has 156 valence electrons. The average molecular weight is 448 g/mol. The number of carbonyl (C=O) groups excluding carboxylic acids is 1. The molecule has 0 spiro atoms. The van der Waals surface area contributed by atoms with Gasteiger partial charge in [-0.2, -0.15) is 5.10 Å². The van der Waals surface area contributed by atoms with Gasteiger partial charge in [0.05, 0.1) is 19.7 Å². The Morgan fingerprint density at radius 3 is 2.73 bits per heavy atom. The van der Waals surface area contributed by atoms with E-state index >= 15 is 0 Å². The maximum atomic E-state index is 11.7. The summed E-state index contributed by atoms with van der Waals surface area (Å²) >= 11 is 6.92. The van der Waals surface area contributed by atoms with E-state index in [4.69, 9.17) is 26.2 Å². The van der Waals surface area contributed by atoms with Crippen LogP contribution in [-0.4, -0.2) is 40.7 Å². The fourth-order valence-corrected chi connectivity index (χ4v) is 3.56. The zero-order valence-corrected chi connectivity index (χ0v) is 17.4. The lowest BCUT2D eigenvalue weighted by Crippen LogP contribution is -2.26. The van der Waals surface area contributed by atoms with Crippen molar-refractivity contribution < 1.29 is 24.2 Å². The van der Waals surface area contributed by atoms with Gasteiger partial charge in [-0.25, -0.2) is 0 Å². The highest BCUT2D eigenvalue weighted by atomic mass is 35.5. The van der Waals surface area contributed by atoms with Crippen molar-refractivity contribution in [3.8, 4) is 11.5 Å². The molecule has 0 saturated carbocycles. The highest BCUT2D eigenvalue weighted by molar-refractivity contribution is 8.15. The van der Waals surface area contributed by atoms with Crippen LogP contribution in [0.3, 0.4) is 0 Å². The van der Waals surface area contributed by atoms with Crippen molar-refractivity contribution in [1.29, 1.82) is 0 Å². The van der Waals surface area contributed by atoms with Gasteiger partial charge in [0, 0.05) is 5.02 Å². The highest BCUT2D eigenvalue weighted by Gasteiger charge is 2.32. The number of carboxylic acids is 1. The van der Waals surface area contributed by atoms with Crippen LogP contribution in [0.2, 0.25) is 5.02 Å². The number of ether oxygens (including phenoxy) is 2. The standard InChI is InChI=1S/C20H18ClN3O5S/c1-28-16-8-13(4-7-15(16)29-11-12-2-5-14(21)6-3-12)10-22-24-20-23-19(27)17(30-20)9-18(25)26/h2-8,10,17H,9,11H2,1H3,(H,25,26)(H,23,24,27)/b22-10-/t17-/m0/s1. The molecule has 1 heterocycles. The first-order valence-electron chi connectivity index (χ1n) is 8.80. The maximum Gasteiger partial charge on any atom is 0.305 e. The van der Waals surface area contributed by atoms with Gasteiger partial charge >= 0.3 is 5.97 Å². The van der Waals surface area contributed by atoms with E-state index in [0.717, 1.165) is 17.3 Å². The number of halogens is 1. The lowest BCUT2D eigenvalue weighted by Gasteiger charge is -2.11. The van der Waals surface area contributed by atoms with Crippen LogP contribution >= 0.6 is 23.4 Å². The van der Waals surface area contributed by atoms with Gasteiger partial charge in [0.25, 0.3) is 0 Å². The van der Waals surface area contributed by atoms with E-state index in [9.17, 15) is 9.59 Å². The largest absolute Gasteiger partial charge is 0.493 e. The number of hydrogen-bond acceptors (Lipinski definition) is 7. The molecule has 1 aliphatic rings. The number of hydrogen-bond donors (Lipinski definition) is 2. The molecule has 8 nitrogen and oxygen atoms in total. The molecule has 0 bridgehead atoms. The Morgan fingerprint density at radius 1 is 1.27 bits per heavy atom. The molecule has 30 heavy (non-hydrogen) atoms. The van der Waals surface area contributed by atoms with Crippen LogP contribution < -0.4 is 14.8 Å². The van der Waals surface area contributed by atoms with E-state index < -0.39 is 11.2 Å². The molecule has 1 aliphatic heterocycles. The third kappa shape index (κ3) is 5.98. The number of thioether (sulfide) groups is 1. The SMILES string of the molecule is COc1cc(/C=N\N=C2\NC(=O)[C@H](CC(=O)O)S2)ccc1OCc1ccc(Cl)cc1. The summed E-state index contributed by atoms with van der Waals surface area (Å²) in [6.45, 7) is 0.364. The molecule has 2 N–H and O–H groups in total. The quantitative estimate of drug-likeness (QED) is 0.474. The summed E-state index contributed by atoms with van der Waals surface area (Å²) in [6.07, 6.45) is 1.23. The number of rotatable bonds is 8. The molecule has 2 aromatic rings. The van der Waals surface area contributed by atoms with Crippen molar-refractivity contribution in [2.24, 2.45) is 10.2 Å². The van der Waals surface area contributed by atoms with E-state index in [1.807, 2.05) is 12.1 Å². The molecule has 0 aliphatic carbocycles. The monoisotopic (exact) mass is 447 g/mol. The Bertz CT molecular complexity index is 994. The minimum atomic E-state index is -1.04. The van der Waals surface area contributed by atoms with Crippen LogP contribution in [0.4, 0.5) is 0 Å². The Morgan fingerprint density at radius 2 is 2.03 bits per heavy atom. The second-order valence-corrected chi connectivity index (χ2v) is 7.80. The molecule has 3 rings (SSSR count). The van der Waals surface area contributed by atoms with Crippen LogP contribution in [0.25, 0.3) is 0 Å². The molecule has 0 unspecified atom stereocenters. The third-order valence-electron chi connectivity index (χ3n) is 3.99. The normalized spacial score (nSPS) is 17.3. The number of nitrogens with zero attached hydrogens (tertiary/aromatic N) is 2. The fraction of sp³-hybridized carbons (Fsp3) is 0.200. The van der Waals surface area contributed by atoms with Crippen molar-refractivity contribution in [2.45, 2.75) is 18.3 Å². The summed E-state index contributed by atoms with van der Waals surface area (Å²) in [4.78, 5) is 22.4. The number of carboxylic acid groups (broad SMARTS) is 1. The molecule has 10 heteroatoms. The van der Waals surface area contributed by atoms with Crippen LogP contribution in [0.1, 0.15) is 17.5 Å². The molecular formula is C20H18ClN3O5S. The topological polar surface area (TPSA) is 110 Å². The minimum absolute atomic E-state index is 0.261. The highest BCUT2D eigenvalue weighted by Crippen LogP contribution is 2.28. The molecular weight excluding hydrogens is 430 g/mol.